The highest BCUT2D eigenvalue weighted by molar-refractivity contribution is 5.46. The van der Waals surface area contributed by atoms with Gasteiger partial charge in [-0.1, -0.05) is 31.9 Å². The maximum Gasteiger partial charge on any atom is 0.162 e. The van der Waals surface area contributed by atoms with Crippen molar-refractivity contribution in [2.45, 2.75) is 32.2 Å². The van der Waals surface area contributed by atoms with Crippen molar-refractivity contribution >= 4 is 0 Å². The second-order valence-electron chi connectivity index (χ2n) is 3.65. The van der Waals surface area contributed by atoms with Crippen LogP contribution in [0.5, 0.6) is 11.5 Å². The largest absolute Gasteiger partial charge is 0.504 e. The van der Waals surface area contributed by atoms with Crippen LogP contribution in [0, 0.1) is 0 Å². The number of methoxy groups -OCH3 is 1. The predicted molar refractivity (Wildman–Crippen MR) is 61.1 cm³/mol. The van der Waals surface area contributed by atoms with Gasteiger partial charge in [-0.15, -0.1) is 0 Å². The summed E-state index contributed by atoms with van der Waals surface area (Å²) in [4.78, 5) is 0. The number of para-hydroxylation sites is 1. The molecule has 0 bridgehead atoms. The van der Waals surface area contributed by atoms with Crippen molar-refractivity contribution in [3.05, 3.63) is 23.8 Å². The summed E-state index contributed by atoms with van der Waals surface area (Å²) < 4.78 is 5.03. The quantitative estimate of drug-likeness (QED) is 0.783. The topological polar surface area (TPSA) is 55.5 Å². The summed E-state index contributed by atoms with van der Waals surface area (Å²) in [5.41, 5.74) is 6.76. The molecular weight excluding hydrogens is 190 g/mol. The van der Waals surface area contributed by atoms with E-state index in [1.54, 1.807) is 6.07 Å². The number of phenolic OH excluding ortho intramolecular Hbond substituents is 1. The third kappa shape index (κ3) is 2.86. The highest BCUT2D eigenvalue weighted by Crippen LogP contribution is 2.33. The van der Waals surface area contributed by atoms with E-state index in [1.807, 2.05) is 12.1 Å². The van der Waals surface area contributed by atoms with Gasteiger partial charge in [0, 0.05) is 11.6 Å². The smallest absolute Gasteiger partial charge is 0.162 e. The van der Waals surface area contributed by atoms with E-state index in [2.05, 4.69) is 6.92 Å². The summed E-state index contributed by atoms with van der Waals surface area (Å²) in [6, 6.07) is 5.31. The fourth-order valence-corrected chi connectivity index (χ4v) is 1.58. The molecule has 0 spiro atoms. The molecule has 0 aliphatic heterocycles. The molecule has 0 aliphatic rings. The van der Waals surface area contributed by atoms with Crippen molar-refractivity contribution in [1.82, 2.24) is 0 Å². The Kier molecular flexibility index (Phi) is 4.43. The fourth-order valence-electron chi connectivity index (χ4n) is 1.58. The van der Waals surface area contributed by atoms with Crippen molar-refractivity contribution in [3.63, 3.8) is 0 Å². The van der Waals surface area contributed by atoms with E-state index < -0.39 is 0 Å². The van der Waals surface area contributed by atoms with E-state index in [0.29, 0.717) is 5.75 Å². The molecule has 0 amide bonds. The maximum absolute atomic E-state index is 9.85. The Bertz CT molecular complexity index is 312. The lowest BCUT2D eigenvalue weighted by molar-refractivity contribution is 0.367. The number of hydrogen-bond acceptors (Lipinski definition) is 3. The van der Waals surface area contributed by atoms with Crippen molar-refractivity contribution in [3.8, 4) is 11.5 Å². The monoisotopic (exact) mass is 209 g/mol. The molecule has 0 heterocycles. The number of aromatic hydroxyl groups is 1. The lowest BCUT2D eigenvalue weighted by atomic mass is 10.0. The van der Waals surface area contributed by atoms with Crippen molar-refractivity contribution in [1.29, 1.82) is 0 Å². The van der Waals surface area contributed by atoms with Crippen LogP contribution in [0.25, 0.3) is 0 Å². The molecule has 3 N–H and O–H groups in total. The minimum Gasteiger partial charge on any atom is -0.504 e. The molecule has 1 atom stereocenters. The van der Waals surface area contributed by atoms with Crippen molar-refractivity contribution in [2.75, 3.05) is 7.11 Å². The van der Waals surface area contributed by atoms with Crippen LogP contribution in [0.2, 0.25) is 0 Å². The molecule has 84 valence electrons. The zero-order valence-electron chi connectivity index (χ0n) is 9.36. The van der Waals surface area contributed by atoms with Gasteiger partial charge in [0.1, 0.15) is 0 Å². The molecule has 0 aromatic heterocycles. The summed E-state index contributed by atoms with van der Waals surface area (Å²) in [7, 11) is 1.54. The first-order chi connectivity index (χ1) is 7.20. The predicted octanol–water partition coefficient (Wildman–Crippen LogP) is 2.59. The Balaban J connectivity index is 2.83. The summed E-state index contributed by atoms with van der Waals surface area (Å²) in [5, 5.41) is 9.85. The first kappa shape index (κ1) is 11.9. The van der Waals surface area contributed by atoms with Crippen LogP contribution in [-0.4, -0.2) is 12.2 Å². The number of nitrogens with two attached hydrogens (primary N) is 1. The molecule has 1 rings (SSSR count). The zero-order chi connectivity index (χ0) is 11.3. The summed E-state index contributed by atoms with van der Waals surface area (Å²) in [6.07, 6.45) is 3.06. The second kappa shape index (κ2) is 5.61. The molecule has 1 aromatic rings. The molecule has 3 heteroatoms. The van der Waals surface area contributed by atoms with Gasteiger partial charge in [-0.2, -0.15) is 0 Å². The van der Waals surface area contributed by atoms with Gasteiger partial charge in [0.05, 0.1) is 7.11 Å². The Morgan fingerprint density at radius 2 is 2.20 bits per heavy atom. The van der Waals surface area contributed by atoms with Crippen LogP contribution in [0.3, 0.4) is 0 Å². The Hall–Kier alpha value is -1.22. The molecule has 15 heavy (non-hydrogen) atoms. The normalized spacial score (nSPS) is 12.5. The lowest BCUT2D eigenvalue weighted by Gasteiger charge is -2.14. The standard InChI is InChI=1S/C12H19NO2/c1-3-4-7-10(13)9-6-5-8-11(15-2)12(9)14/h5-6,8,10,14H,3-4,7,13H2,1-2H3/t10-/m0/s1. The Morgan fingerprint density at radius 3 is 2.80 bits per heavy atom. The van der Waals surface area contributed by atoms with E-state index >= 15 is 0 Å². The average Bonchev–Trinajstić information content (AvgIpc) is 2.26. The molecule has 0 aliphatic carbocycles. The highest BCUT2D eigenvalue weighted by atomic mass is 16.5. The number of benzene rings is 1. The molecule has 0 saturated carbocycles. The molecular formula is C12H19NO2. The zero-order valence-corrected chi connectivity index (χ0v) is 9.36. The molecule has 1 aromatic carbocycles. The summed E-state index contributed by atoms with van der Waals surface area (Å²) in [5.74, 6) is 0.656. The highest BCUT2D eigenvalue weighted by Gasteiger charge is 2.13. The van der Waals surface area contributed by atoms with Crippen LogP contribution in [-0.2, 0) is 0 Å². The van der Waals surface area contributed by atoms with Gasteiger partial charge in [-0.3, -0.25) is 0 Å². The molecule has 3 nitrogen and oxygen atoms in total. The first-order valence-electron chi connectivity index (χ1n) is 5.32. The number of hydrogen-bond donors (Lipinski definition) is 2. The number of unbranched alkanes of at least 4 members (excludes halogenated alkanes) is 1. The maximum atomic E-state index is 9.85. The van der Waals surface area contributed by atoms with Gasteiger partial charge in [0.25, 0.3) is 0 Å². The molecule has 0 saturated heterocycles. The van der Waals surface area contributed by atoms with Crippen molar-refractivity contribution in [2.24, 2.45) is 5.73 Å². The summed E-state index contributed by atoms with van der Waals surface area (Å²) >= 11 is 0. The van der Waals surface area contributed by atoms with Gasteiger partial charge in [-0.05, 0) is 12.5 Å². The Labute approximate surface area is 90.9 Å². The van der Waals surface area contributed by atoms with Gasteiger partial charge in [-0.25, -0.2) is 0 Å². The average molecular weight is 209 g/mol. The SMILES string of the molecule is CCCC[C@H](N)c1cccc(OC)c1O. The van der Waals surface area contributed by atoms with Gasteiger partial charge in [0.2, 0.25) is 0 Å². The number of rotatable bonds is 5. The van der Waals surface area contributed by atoms with E-state index in [0.717, 1.165) is 24.8 Å². The minimum absolute atomic E-state index is 0.111. The fraction of sp³-hybridized carbons (Fsp3) is 0.500. The number of ether oxygens (including phenoxy) is 1. The van der Waals surface area contributed by atoms with E-state index in [-0.39, 0.29) is 11.8 Å². The first-order valence-corrected chi connectivity index (χ1v) is 5.32. The van der Waals surface area contributed by atoms with E-state index in [4.69, 9.17) is 10.5 Å². The van der Waals surface area contributed by atoms with E-state index in [9.17, 15) is 5.11 Å². The summed E-state index contributed by atoms with van der Waals surface area (Å²) in [6.45, 7) is 2.12. The lowest BCUT2D eigenvalue weighted by Crippen LogP contribution is -2.10. The van der Waals surface area contributed by atoms with Crippen LogP contribution in [0.15, 0.2) is 18.2 Å². The van der Waals surface area contributed by atoms with Crippen LogP contribution < -0.4 is 10.5 Å². The van der Waals surface area contributed by atoms with Crippen molar-refractivity contribution < 1.29 is 9.84 Å². The molecule has 0 fully saturated rings. The number of phenols is 1. The third-order valence-electron chi connectivity index (χ3n) is 2.52. The molecule has 0 unspecified atom stereocenters. The van der Waals surface area contributed by atoms with Gasteiger partial charge >= 0.3 is 0 Å². The van der Waals surface area contributed by atoms with Crippen LogP contribution in [0.1, 0.15) is 37.8 Å². The molecule has 0 radical (unpaired) electrons. The van der Waals surface area contributed by atoms with Crippen LogP contribution in [0.4, 0.5) is 0 Å². The van der Waals surface area contributed by atoms with Gasteiger partial charge in [0.15, 0.2) is 11.5 Å². The minimum atomic E-state index is -0.111. The Morgan fingerprint density at radius 1 is 1.47 bits per heavy atom. The van der Waals surface area contributed by atoms with E-state index in [1.165, 1.54) is 7.11 Å². The van der Waals surface area contributed by atoms with Gasteiger partial charge < -0.3 is 15.6 Å². The third-order valence-corrected chi connectivity index (χ3v) is 2.52. The second-order valence-corrected chi connectivity index (χ2v) is 3.65. The van der Waals surface area contributed by atoms with Crippen LogP contribution >= 0.6 is 0 Å².